The van der Waals surface area contributed by atoms with Crippen LogP contribution in [0.15, 0.2) is 36.9 Å². The minimum atomic E-state index is 0.688. The number of nitrogen functional groups attached to an aromatic ring is 1. The third-order valence-corrected chi connectivity index (χ3v) is 2.35. The van der Waals surface area contributed by atoms with Crippen LogP contribution in [0.1, 0.15) is 13.3 Å². The number of hydrogen-bond donors (Lipinski definition) is 1. The van der Waals surface area contributed by atoms with E-state index < -0.39 is 0 Å². The van der Waals surface area contributed by atoms with Crippen LogP contribution in [0.2, 0.25) is 0 Å². The van der Waals surface area contributed by atoms with E-state index in [-0.39, 0.29) is 0 Å². The molecule has 4 nitrogen and oxygen atoms in total. The van der Waals surface area contributed by atoms with E-state index in [2.05, 4.69) is 16.9 Å². The summed E-state index contributed by atoms with van der Waals surface area (Å²) in [5.74, 6) is 0.757. The molecular formula is C13H15N3O. The second-order valence-corrected chi connectivity index (χ2v) is 3.72. The van der Waals surface area contributed by atoms with Crippen LogP contribution < -0.4 is 10.5 Å². The molecule has 0 saturated carbocycles. The summed E-state index contributed by atoms with van der Waals surface area (Å²) in [6, 6.07) is 3.70. The normalized spacial score (nSPS) is 10.2. The zero-order valence-corrected chi connectivity index (χ0v) is 9.76. The second-order valence-electron chi connectivity index (χ2n) is 3.72. The van der Waals surface area contributed by atoms with Crippen LogP contribution in [0.5, 0.6) is 5.75 Å². The van der Waals surface area contributed by atoms with Crippen molar-refractivity contribution in [1.82, 2.24) is 9.97 Å². The molecule has 88 valence electrons. The van der Waals surface area contributed by atoms with Crippen molar-refractivity contribution in [2.45, 2.75) is 13.3 Å². The number of nitrogens with zero attached hydrogens (tertiary/aromatic N) is 2. The van der Waals surface area contributed by atoms with Crippen LogP contribution in [0.25, 0.3) is 11.1 Å². The van der Waals surface area contributed by atoms with Gasteiger partial charge in [0.25, 0.3) is 0 Å². The summed E-state index contributed by atoms with van der Waals surface area (Å²) < 4.78 is 5.53. The highest BCUT2D eigenvalue weighted by Crippen LogP contribution is 2.26. The Labute approximate surface area is 100 Å². The second kappa shape index (κ2) is 5.30. The molecule has 0 aliphatic heterocycles. The van der Waals surface area contributed by atoms with E-state index in [1.165, 1.54) is 0 Å². The van der Waals surface area contributed by atoms with Crippen molar-refractivity contribution in [3.8, 4) is 16.9 Å². The van der Waals surface area contributed by atoms with E-state index in [1.807, 2.05) is 6.07 Å². The molecule has 2 rings (SSSR count). The molecule has 0 atom stereocenters. The Kier molecular flexibility index (Phi) is 3.55. The summed E-state index contributed by atoms with van der Waals surface area (Å²) in [5, 5.41) is 0. The van der Waals surface area contributed by atoms with Crippen molar-refractivity contribution in [2.75, 3.05) is 12.3 Å². The van der Waals surface area contributed by atoms with E-state index in [1.54, 1.807) is 30.9 Å². The summed E-state index contributed by atoms with van der Waals surface area (Å²) >= 11 is 0. The Morgan fingerprint density at radius 2 is 2.12 bits per heavy atom. The van der Waals surface area contributed by atoms with Crippen LogP contribution in [0.3, 0.4) is 0 Å². The molecule has 0 aliphatic rings. The first-order chi connectivity index (χ1) is 8.31. The Bertz CT molecular complexity index is 500. The molecule has 4 heteroatoms. The molecule has 0 aromatic carbocycles. The molecule has 2 aromatic rings. The highest BCUT2D eigenvalue weighted by molar-refractivity contribution is 5.75. The predicted octanol–water partition coefficient (Wildman–Crippen LogP) is 2.51. The molecule has 0 bridgehead atoms. The maximum absolute atomic E-state index is 5.89. The van der Waals surface area contributed by atoms with Gasteiger partial charge in [0.05, 0.1) is 12.8 Å². The van der Waals surface area contributed by atoms with Crippen molar-refractivity contribution < 1.29 is 4.74 Å². The highest BCUT2D eigenvalue weighted by Gasteiger charge is 2.04. The molecule has 2 heterocycles. The fourth-order valence-electron chi connectivity index (χ4n) is 1.51. The molecule has 2 N–H and O–H groups in total. The lowest BCUT2D eigenvalue weighted by Crippen LogP contribution is -1.96. The largest absolute Gasteiger partial charge is 0.492 e. The third kappa shape index (κ3) is 2.72. The molecule has 0 saturated heterocycles. The lowest BCUT2D eigenvalue weighted by atomic mass is 10.1. The van der Waals surface area contributed by atoms with Crippen molar-refractivity contribution in [2.24, 2.45) is 0 Å². The molecular weight excluding hydrogens is 214 g/mol. The lowest BCUT2D eigenvalue weighted by Gasteiger charge is -2.07. The lowest BCUT2D eigenvalue weighted by molar-refractivity contribution is 0.316. The molecule has 0 spiro atoms. The molecule has 0 fully saturated rings. The highest BCUT2D eigenvalue weighted by atomic mass is 16.5. The number of hydrogen-bond acceptors (Lipinski definition) is 4. The first-order valence-electron chi connectivity index (χ1n) is 5.59. The van der Waals surface area contributed by atoms with Crippen LogP contribution >= 0.6 is 0 Å². The number of ether oxygens (including phenoxy) is 1. The first kappa shape index (κ1) is 11.4. The smallest absolute Gasteiger partial charge is 0.138 e. The molecule has 0 radical (unpaired) electrons. The first-order valence-corrected chi connectivity index (χ1v) is 5.59. The molecule has 17 heavy (non-hydrogen) atoms. The van der Waals surface area contributed by atoms with Gasteiger partial charge in [0.1, 0.15) is 5.75 Å². The quantitative estimate of drug-likeness (QED) is 0.875. The maximum atomic E-state index is 5.89. The number of pyridine rings is 2. The minimum absolute atomic E-state index is 0.688. The monoisotopic (exact) mass is 229 g/mol. The molecule has 0 aliphatic carbocycles. The van der Waals surface area contributed by atoms with Gasteiger partial charge in [-0.25, -0.2) is 0 Å². The van der Waals surface area contributed by atoms with Gasteiger partial charge in [-0.2, -0.15) is 0 Å². The number of anilines is 1. The fraction of sp³-hybridized carbons (Fsp3) is 0.231. The van der Waals surface area contributed by atoms with Crippen LogP contribution in [-0.4, -0.2) is 16.6 Å². The van der Waals surface area contributed by atoms with Crippen molar-refractivity contribution in [3.05, 3.63) is 36.9 Å². The number of aromatic nitrogens is 2. The van der Waals surface area contributed by atoms with Gasteiger partial charge in [-0.3, -0.25) is 9.97 Å². The average molecular weight is 229 g/mol. The van der Waals surface area contributed by atoms with E-state index >= 15 is 0 Å². The summed E-state index contributed by atoms with van der Waals surface area (Å²) in [4.78, 5) is 8.21. The van der Waals surface area contributed by atoms with Gasteiger partial charge in [-0.1, -0.05) is 6.92 Å². The standard InChI is InChI=1S/C13H15N3O/c1-2-5-17-11-6-10(7-16-8-11)12-9-15-4-3-13(12)14/h3-4,6-9H,2,5H2,1H3,(H2,14,15). The van der Waals surface area contributed by atoms with Gasteiger partial charge in [-0.15, -0.1) is 0 Å². The van der Waals surface area contributed by atoms with Crippen LogP contribution in [0, 0.1) is 0 Å². The molecule has 0 amide bonds. The number of rotatable bonds is 4. The van der Waals surface area contributed by atoms with Gasteiger partial charge >= 0.3 is 0 Å². The van der Waals surface area contributed by atoms with E-state index in [4.69, 9.17) is 10.5 Å². The van der Waals surface area contributed by atoms with Crippen LogP contribution in [-0.2, 0) is 0 Å². The topological polar surface area (TPSA) is 61.0 Å². The predicted molar refractivity (Wildman–Crippen MR) is 67.7 cm³/mol. The van der Waals surface area contributed by atoms with Gasteiger partial charge in [0.2, 0.25) is 0 Å². The molecule has 0 unspecified atom stereocenters. The van der Waals surface area contributed by atoms with Gasteiger partial charge in [0.15, 0.2) is 0 Å². The van der Waals surface area contributed by atoms with E-state index in [0.29, 0.717) is 12.3 Å². The Hall–Kier alpha value is -2.10. The summed E-state index contributed by atoms with van der Waals surface area (Å²) in [7, 11) is 0. The fourth-order valence-corrected chi connectivity index (χ4v) is 1.51. The Balaban J connectivity index is 2.30. The zero-order valence-electron chi connectivity index (χ0n) is 9.76. The van der Waals surface area contributed by atoms with Crippen molar-refractivity contribution >= 4 is 5.69 Å². The average Bonchev–Trinajstić information content (AvgIpc) is 2.37. The SMILES string of the molecule is CCCOc1cncc(-c2cnccc2N)c1. The van der Waals surface area contributed by atoms with Crippen molar-refractivity contribution in [3.63, 3.8) is 0 Å². The minimum Gasteiger partial charge on any atom is -0.492 e. The Morgan fingerprint density at radius 3 is 2.88 bits per heavy atom. The van der Waals surface area contributed by atoms with Gasteiger partial charge < -0.3 is 10.5 Å². The number of nitrogens with two attached hydrogens (primary N) is 1. The maximum Gasteiger partial charge on any atom is 0.138 e. The van der Waals surface area contributed by atoms with Gasteiger partial charge in [0, 0.05) is 35.4 Å². The summed E-state index contributed by atoms with van der Waals surface area (Å²) in [5.41, 5.74) is 8.38. The summed E-state index contributed by atoms with van der Waals surface area (Å²) in [6.07, 6.45) is 7.83. The Morgan fingerprint density at radius 1 is 1.24 bits per heavy atom. The molecule has 2 aromatic heterocycles. The van der Waals surface area contributed by atoms with E-state index in [0.717, 1.165) is 23.3 Å². The van der Waals surface area contributed by atoms with E-state index in [9.17, 15) is 0 Å². The zero-order chi connectivity index (χ0) is 12.1. The van der Waals surface area contributed by atoms with Crippen molar-refractivity contribution in [1.29, 1.82) is 0 Å². The van der Waals surface area contributed by atoms with Crippen LogP contribution in [0.4, 0.5) is 5.69 Å². The third-order valence-electron chi connectivity index (χ3n) is 2.35. The summed E-state index contributed by atoms with van der Waals surface area (Å²) in [6.45, 7) is 2.75. The van der Waals surface area contributed by atoms with Gasteiger partial charge in [-0.05, 0) is 18.6 Å².